The smallest absolute Gasteiger partial charge is 0.239 e. The van der Waals surface area contributed by atoms with Crippen LogP contribution in [0.1, 0.15) is 53.0 Å². The highest BCUT2D eigenvalue weighted by atomic mass is 16.5. The minimum Gasteiger partial charge on any atom is -0.491 e. The van der Waals surface area contributed by atoms with Crippen LogP contribution in [0.15, 0.2) is 24.3 Å². The fourth-order valence-corrected chi connectivity index (χ4v) is 2.13. The standard InChI is InChI=1S/C19H30N2O3/c1-6-7-17(22)20-12-18(23)21-14(2)13-24-16-10-8-15(9-11-16)19(3,4)5/h8-11,14H,6-7,12-13H2,1-5H3,(H,20,22)(H,21,23). The van der Waals surface area contributed by atoms with Gasteiger partial charge in [-0.15, -0.1) is 0 Å². The normalized spacial score (nSPS) is 12.4. The summed E-state index contributed by atoms with van der Waals surface area (Å²) in [4.78, 5) is 23.1. The van der Waals surface area contributed by atoms with Gasteiger partial charge in [0, 0.05) is 6.42 Å². The Balaban J connectivity index is 2.34. The number of carbonyl (C=O) groups excluding carboxylic acids is 2. The first-order chi connectivity index (χ1) is 11.2. The molecule has 1 aromatic carbocycles. The van der Waals surface area contributed by atoms with Crippen molar-refractivity contribution in [1.82, 2.24) is 10.6 Å². The van der Waals surface area contributed by atoms with Crippen molar-refractivity contribution in [2.45, 2.75) is 58.9 Å². The summed E-state index contributed by atoms with van der Waals surface area (Å²) in [5.41, 5.74) is 1.36. The van der Waals surface area contributed by atoms with Crippen molar-refractivity contribution >= 4 is 11.8 Å². The van der Waals surface area contributed by atoms with E-state index in [1.165, 1.54) is 5.56 Å². The number of nitrogens with one attached hydrogen (secondary N) is 2. The molecule has 2 N–H and O–H groups in total. The van der Waals surface area contributed by atoms with E-state index in [0.29, 0.717) is 13.0 Å². The average Bonchev–Trinajstić information content (AvgIpc) is 2.51. The first-order valence-corrected chi connectivity index (χ1v) is 8.51. The van der Waals surface area contributed by atoms with Gasteiger partial charge in [-0.1, -0.05) is 39.8 Å². The van der Waals surface area contributed by atoms with Gasteiger partial charge < -0.3 is 15.4 Å². The van der Waals surface area contributed by atoms with Gasteiger partial charge in [0.2, 0.25) is 11.8 Å². The SMILES string of the molecule is CCCC(=O)NCC(=O)NC(C)COc1ccc(C(C)(C)C)cc1. The monoisotopic (exact) mass is 334 g/mol. The highest BCUT2D eigenvalue weighted by Crippen LogP contribution is 2.24. The molecule has 0 radical (unpaired) electrons. The fraction of sp³-hybridized carbons (Fsp3) is 0.579. The van der Waals surface area contributed by atoms with Crippen molar-refractivity contribution in [3.05, 3.63) is 29.8 Å². The molecular weight excluding hydrogens is 304 g/mol. The van der Waals surface area contributed by atoms with E-state index in [9.17, 15) is 9.59 Å². The van der Waals surface area contributed by atoms with Crippen molar-refractivity contribution in [2.24, 2.45) is 0 Å². The molecule has 0 saturated heterocycles. The summed E-state index contributed by atoms with van der Waals surface area (Å²) in [5, 5.41) is 5.40. The Kier molecular flexibility index (Phi) is 7.75. The molecule has 0 heterocycles. The molecular formula is C19H30N2O3. The van der Waals surface area contributed by atoms with Crippen LogP contribution in [-0.2, 0) is 15.0 Å². The third-order valence-corrected chi connectivity index (χ3v) is 3.55. The summed E-state index contributed by atoms with van der Waals surface area (Å²) >= 11 is 0. The topological polar surface area (TPSA) is 67.4 Å². The molecule has 0 aliphatic heterocycles. The molecule has 0 aromatic heterocycles. The number of amides is 2. The van der Waals surface area contributed by atoms with E-state index in [0.717, 1.165) is 12.2 Å². The van der Waals surface area contributed by atoms with Crippen LogP contribution >= 0.6 is 0 Å². The maximum Gasteiger partial charge on any atom is 0.239 e. The molecule has 5 nitrogen and oxygen atoms in total. The van der Waals surface area contributed by atoms with E-state index in [1.807, 2.05) is 26.0 Å². The van der Waals surface area contributed by atoms with Crippen molar-refractivity contribution < 1.29 is 14.3 Å². The van der Waals surface area contributed by atoms with Gasteiger partial charge in [0.05, 0.1) is 12.6 Å². The zero-order valence-electron chi connectivity index (χ0n) is 15.4. The minimum absolute atomic E-state index is 0.00343. The lowest BCUT2D eigenvalue weighted by atomic mass is 9.87. The summed E-state index contributed by atoms with van der Waals surface area (Å²) in [6.07, 6.45) is 1.21. The zero-order chi connectivity index (χ0) is 18.2. The lowest BCUT2D eigenvalue weighted by molar-refractivity contribution is -0.126. The zero-order valence-corrected chi connectivity index (χ0v) is 15.4. The molecule has 2 amide bonds. The fourth-order valence-electron chi connectivity index (χ4n) is 2.13. The summed E-state index contributed by atoms with van der Waals surface area (Å²) in [6.45, 7) is 10.7. The lowest BCUT2D eigenvalue weighted by Crippen LogP contribution is -2.43. The van der Waals surface area contributed by atoms with Crippen LogP contribution in [0.5, 0.6) is 5.75 Å². The van der Waals surface area contributed by atoms with Gasteiger partial charge in [-0.2, -0.15) is 0 Å². The number of rotatable bonds is 8. The summed E-state index contributed by atoms with van der Waals surface area (Å²) in [5.74, 6) is 0.467. The third-order valence-electron chi connectivity index (χ3n) is 3.55. The molecule has 0 saturated carbocycles. The van der Waals surface area contributed by atoms with Gasteiger partial charge in [-0.3, -0.25) is 9.59 Å². The van der Waals surface area contributed by atoms with Crippen LogP contribution < -0.4 is 15.4 Å². The Labute approximate surface area is 145 Å². The minimum atomic E-state index is -0.210. The van der Waals surface area contributed by atoms with E-state index in [4.69, 9.17) is 4.74 Å². The summed E-state index contributed by atoms with van der Waals surface area (Å²) in [7, 11) is 0. The molecule has 1 unspecified atom stereocenters. The van der Waals surface area contributed by atoms with Crippen molar-refractivity contribution in [1.29, 1.82) is 0 Å². The predicted molar refractivity (Wildman–Crippen MR) is 96.2 cm³/mol. The Bertz CT molecular complexity index is 533. The second kappa shape index (κ2) is 9.30. The van der Waals surface area contributed by atoms with E-state index in [1.54, 1.807) is 0 Å². The highest BCUT2D eigenvalue weighted by molar-refractivity contribution is 5.84. The molecule has 5 heteroatoms. The molecule has 0 aliphatic carbocycles. The lowest BCUT2D eigenvalue weighted by Gasteiger charge is -2.20. The van der Waals surface area contributed by atoms with Gasteiger partial charge in [0.1, 0.15) is 12.4 Å². The van der Waals surface area contributed by atoms with Crippen LogP contribution in [0, 0.1) is 0 Å². The van der Waals surface area contributed by atoms with Gasteiger partial charge in [-0.05, 0) is 36.5 Å². The molecule has 0 aliphatic rings. The number of benzene rings is 1. The quantitative estimate of drug-likeness (QED) is 0.768. The van der Waals surface area contributed by atoms with Gasteiger partial charge in [0.25, 0.3) is 0 Å². The highest BCUT2D eigenvalue weighted by Gasteiger charge is 2.13. The second-order valence-corrected chi connectivity index (χ2v) is 7.08. The molecule has 1 atom stereocenters. The van der Waals surface area contributed by atoms with Gasteiger partial charge in [-0.25, -0.2) is 0 Å². The van der Waals surface area contributed by atoms with Crippen LogP contribution in [0.4, 0.5) is 0 Å². The molecule has 0 bridgehead atoms. The Morgan fingerprint density at radius 2 is 1.75 bits per heavy atom. The Hall–Kier alpha value is -2.04. The number of carbonyl (C=O) groups is 2. The first-order valence-electron chi connectivity index (χ1n) is 8.51. The van der Waals surface area contributed by atoms with E-state index >= 15 is 0 Å². The predicted octanol–water partition coefficient (Wildman–Crippen LogP) is 2.78. The Morgan fingerprint density at radius 1 is 1.12 bits per heavy atom. The average molecular weight is 334 g/mol. The number of hydrogen-bond acceptors (Lipinski definition) is 3. The summed E-state index contributed by atoms with van der Waals surface area (Å²) in [6, 6.07) is 7.87. The van der Waals surface area contributed by atoms with Crippen LogP contribution in [0.2, 0.25) is 0 Å². The second-order valence-electron chi connectivity index (χ2n) is 7.08. The number of hydrogen-bond donors (Lipinski definition) is 2. The molecule has 1 rings (SSSR count). The van der Waals surface area contributed by atoms with Crippen LogP contribution in [0.25, 0.3) is 0 Å². The molecule has 0 fully saturated rings. The largest absolute Gasteiger partial charge is 0.491 e. The van der Waals surface area contributed by atoms with Crippen LogP contribution in [0.3, 0.4) is 0 Å². The van der Waals surface area contributed by atoms with Crippen molar-refractivity contribution in [2.75, 3.05) is 13.2 Å². The van der Waals surface area contributed by atoms with E-state index in [-0.39, 0.29) is 29.8 Å². The van der Waals surface area contributed by atoms with E-state index < -0.39 is 0 Å². The van der Waals surface area contributed by atoms with Crippen molar-refractivity contribution in [3.63, 3.8) is 0 Å². The van der Waals surface area contributed by atoms with Crippen molar-refractivity contribution in [3.8, 4) is 5.75 Å². The van der Waals surface area contributed by atoms with Crippen LogP contribution in [-0.4, -0.2) is 31.0 Å². The maximum atomic E-state index is 11.7. The molecule has 24 heavy (non-hydrogen) atoms. The summed E-state index contributed by atoms with van der Waals surface area (Å²) < 4.78 is 5.70. The molecule has 1 aromatic rings. The van der Waals surface area contributed by atoms with E-state index in [2.05, 4.69) is 43.5 Å². The Morgan fingerprint density at radius 3 is 2.29 bits per heavy atom. The van der Waals surface area contributed by atoms with Gasteiger partial charge in [0.15, 0.2) is 0 Å². The molecule has 134 valence electrons. The third kappa shape index (κ3) is 7.49. The number of ether oxygens (including phenoxy) is 1. The first kappa shape index (κ1) is 20.0. The molecule has 0 spiro atoms. The van der Waals surface area contributed by atoms with Gasteiger partial charge >= 0.3 is 0 Å². The maximum absolute atomic E-state index is 11.7.